The van der Waals surface area contributed by atoms with Crippen molar-refractivity contribution in [3.05, 3.63) is 99.5 Å². The summed E-state index contributed by atoms with van der Waals surface area (Å²) in [6, 6.07) is 23.6. The minimum atomic E-state index is -0.682. The van der Waals surface area contributed by atoms with Crippen molar-refractivity contribution in [1.82, 2.24) is 10.2 Å². The van der Waals surface area contributed by atoms with Gasteiger partial charge in [-0.2, -0.15) is 0 Å². The Bertz CT molecular complexity index is 1060. The summed E-state index contributed by atoms with van der Waals surface area (Å²) in [5.74, 6) is 0.0875. The van der Waals surface area contributed by atoms with E-state index >= 15 is 0 Å². The number of hydrogen-bond donors (Lipinski definition) is 1. The van der Waals surface area contributed by atoms with Gasteiger partial charge in [-0.05, 0) is 53.9 Å². The largest absolute Gasteiger partial charge is 0.484 e. The molecule has 3 aromatic rings. The van der Waals surface area contributed by atoms with Crippen molar-refractivity contribution in [2.24, 2.45) is 0 Å². The van der Waals surface area contributed by atoms with E-state index in [2.05, 4.69) is 21.2 Å². The van der Waals surface area contributed by atoms with Crippen LogP contribution in [-0.2, 0) is 22.6 Å². The van der Waals surface area contributed by atoms with E-state index in [1.54, 1.807) is 29.2 Å². The van der Waals surface area contributed by atoms with Gasteiger partial charge in [-0.3, -0.25) is 9.59 Å². The molecule has 0 radical (unpaired) electrons. The Kier molecular flexibility index (Phi) is 9.98. The molecule has 0 aliphatic rings. The molecule has 7 heteroatoms. The van der Waals surface area contributed by atoms with E-state index in [4.69, 9.17) is 16.3 Å². The van der Waals surface area contributed by atoms with Crippen molar-refractivity contribution in [3.63, 3.8) is 0 Å². The summed E-state index contributed by atoms with van der Waals surface area (Å²) in [6.45, 7) is 2.64. The Morgan fingerprint density at radius 1 is 0.971 bits per heavy atom. The fourth-order valence-electron chi connectivity index (χ4n) is 3.47. The Labute approximate surface area is 214 Å². The highest BCUT2D eigenvalue weighted by molar-refractivity contribution is 9.10. The Morgan fingerprint density at radius 2 is 1.65 bits per heavy atom. The van der Waals surface area contributed by atoms with Crippen LogP contribution in [0.25, 0.3) is 0 Å². The lowest BCUT2D eigenvalue weighted by atomic mass is 10.0. The third-order valence-electron chi connectivity index (χ3n) is 5.26. The van der Waals surface area contributed by atoms with Crippen LogP contribution in [0.5, 0.6) is 5.75 Å². The predicted octanol–water partition coefficient (Wildman–Crippen LogP) is 5.65. The van der Waals surface area contributed by atoms with E-state index in [1.807, 2.05) is 61.5 Å². The van der Waals surface area contributed by atoms with Gasteiger partial charge in [0.1, 0.15) is 11.8 Å². The zero-order valence-corrected chi connectivity index (χ0v) is 21.4. The zero-order chi connectivity index (χ0) is 24.3. The molecule has 2 amide bonds. The molecule has 0 aliphatic heterocycles. The molecule has 0 heterocycles. The quantitative estimate of drug-likeness (QED) is 0.340. The fraction of sp³-hybridized carbons (Fsp3) is 0.259. The lowest BCUT2D eigenvalue weighted by Crippen LogP contribution is -2.51. The number of rotatable bonds is 11. The Hall–Kier alpha value is -2.83. The maximum absolute atomic E-state index is 13.5. The van der Waals surface area contributed by atoms with Gasteiger partial charge >= 0.3 is 0 Å². The molecule has 1 N–H and O–H groups in total. The van der Waals surface area contributed by atoms with Crippen LogP contribution >= 0.6 is 27.5 Å². The molecule has 3 rings (SSSR count). The molecule has 178 valence electrons. The van der Waals surface area contributed by atoms with Crippen molar-refractivity contribution in [3.8, 4) is 5.75 Å². The summed E-state index contributed by atoms with van der Waals surface area (Å²) in [5.41, 5.74) is 1.90. The van der Waals surface area contributed by atoms with Crippen LogP contribution in [-0.4, -0.2) is 35.9 Å². The molecule has 5 nitrogen and oxygen atoms in total. The number of nitrogens with zero attached hydrogens (tertiary/aromatic N) is 1. The lowest BCUT2D eigenvalue weighted by Gasteiger charge is -2.31. The number of halogens is 2. The minimum Gasteiger partial charge on any atom is -0.484 e. The molecule has 1 atom stereocenters. The van der Waals surface area contributed by atoms with Crippen molar-refractivity contribution >= 4 is 39.3 Å². The second-order valence-electron chi connectivity index (χ2n) is 7.89. The molecule has 34 heavy (non-hydrogen) atoms. The first-order valence-electron chi connectivity index (χ1n) is 11.2. The van der Waals surface area contributed by atoms with E-state index in [0.29, 0.717) is 23.7 Å². The van der Waals surface area contributed by atoms with Crippen LogP contribution in [0.4, 0.5) is 0 Å². The monoisotopic (exact) mass is 542 g/mol. The van der Waals surface area contributed by atoms with Gasteiger partial charge in [0, 0.05) is 29.0 Å². The minimum absolute atomic E-state index is 0.178. The number of amides is 2. The SMILES string of the molecule is CCCNC(=O)[C@@H](Cc1ccccc1)N(Cc1ccc(Br)cc1)C(=O)COc1ccc(Cl)cc1. The zero-order valence-electron chi connectivity index (χ0n) is 19.0. The maximum atomic E-state index is 13.5. The Balaban J connectivity index is 1.87. The van der Waals surface area contributed by atoms with Gasteiger partial charge in [-0.1, -0.05) is 76.9 Å². The molecular formula is C27H28BrClN2O3. The molecule has 0 saturated carbocycles. The van der Waals surface area contributed by atoms with Crippen molar-refractivity contribution in [1.29, 1.82) is 0 Å². The van der Waals surface area contributed by atoms with E-state index in [-0.39, 0.29) is 25.0 Å². The highest BCUT2D eigenvalue weighted by Crippen LogP contribution is 2.19. The average Bonchev–Trinajstić information content (AvgIpc) is 2.86. The molecule has 0 spiro atoms. The highest BCUT2D eigenvalue weighted by atomic mass is 79.9. The first-order chi connectivity index (χ1) is 16.5. The maximum Gasteiger partial charge on any atom is 0.261 e. The summed E-state index contributed by atoms with van der Waals surface area (Å²) in [6.07, 6.45) is 1.21. The van der Waals surface area contributed by atoms with Crippen LogP contribution in [0.2, 0.25) is 5.02 Å². The third kappa shape index (κ3) is 7.89. The van der Waals surface area contributed by atoms with Gasteiger partial charge in [0.2, 0.25) is 5.91 Å². The van der Waals surface area contributed by atoms with Crippen LogP contribution < -0.4 is 10.1 Å². The molecule has 0 aliphatic carbocycles. The predicted molar refractivity (Wildman–Crippen MR) is 139 cm³/mol. The summed E-state index contributed by atoms with van der Waals surface area (Å²) in [5, 5.41) is 3.56. The number of carbonyl (C=O) groups excluding carboxylic acids is 2. The van der Waals surface area contributed by atoms with E-state index in [9.17, 15) is 9.59 Å². The lowest BCUT2D eigenvalue weighted by molar-refractivity contribution is -0.142. The van der Waals surface area contributed by atoms with Crippen LogP contribution in [0.1, 0.15) is 24.5 Å². The van der Waals surface area contributed by atoms with Gasteiger partial charge in [0.05, 0.1) is 0 Å². The molecule has 0 aromatic heterocycles. The van der Waals surface area contributed by atoms with E-state index in [0.717, 1.165) is 22.0 Å². The molecule has 0 unspecified atom stereocenters. The number of hydrogen-bond acceptors (Lipinski definition) is 3. The van der Waals surface area contributed by atoms with Gasteiger partial charge in [-0.25, -0.2) is 0 Å². The first-order valence-corrected chi connectivity index (χ1v) is 12.4. The standard InChI is InChI=1S/C27H28BrClN2O3/c1-2-16-30-27(33)25(17-20-6-4-3-5-7-20)31(18-21-8-10-22(28)11-9-21)26(32)19-34-24-14-12-23(29)13-15-24/h3-15,25H,2,16-19H2,1H3,(H,30,33)/t25-/m1/s1. The van der Waals surface area contributed by atoms with Gasteiger partial charge in [0.15, 0.2) is 6.61 Å². The van der Waals surface area contributed by atoms with Crippen molar-refractivity contribution in [2.45, 2.75) is 32.4 Å². The molecule has 0 bridgehead atoms. The van der Waals surface area contributed by atoms with Crippen molar-refractivity contribution in [2.75, 3.05) is 13.2 Å². The summed E-state index contributed by atoms with van der Waals surface area (Å²) < 4.78 is 6.68. The van der Waals surface area contributed by atoms with Gasteiger partial charge < -0.3 is 15.0 Å². The smallest absolute Gasteiger partial charge is 0.261 e. The summed E-state index contributed by atoms with van der Waals surface area (Å²) >= 11 is 9.39. The third-order valence-corrected chi connectivity index (χ3v) is 6.04. The van der Waals surface area contributed by atoms with E-state index in [1.165, 1.54) is 0 Å². The van der Waals surface area contributed by atoms with Crippen molar-refractivity contribution < 1.29 is 14.3 Å². The average molecular weight is 544 g/mol. The van der Waals surface area contributed by atoms with Gasteiger partial charge in [-0.15, -0.1) is 0 Å². The highest BCUT2D eigenvalue weighted by Gasteiger charge is 2.30. The van der Waals surface area contributed by atoms with Crippen LogP contribution in [0, 0.1) is 0 Å². The van der Waals surface area contributed by atoms with Crippen LogP contribution in [0.15, 0.2) is 83.3 Å². The number of ether oxygens (including phenoxy) is 1. The molecule has 3 aromatic carbocycles. The first kappa shape index (κ1) is 25.8. The molecular weight excluding hydrogens is 516 g/mol. The second-order valence-corrected chi connectivity index (χ2v) is 9.24. The number of benzene rings is 3. The molecule has 0 fully saturated rings. The number of carbonyl (C=O) groups is 2. The molecule has 0 saturated heterocycles. The second kappa shape index (κ2) is 13.2. The van der Waals surface area contributed by atoms with E-state index < -0.39 is 6.04 Å². The van der Waals surface area contributed by atoms with Gasteiger partial charge in [0.25, 0.3) is 5.91 Å². The summed E-state index contributed by atoms with van der Waals surface area (Å²) in [4.78, 5) is 28.3. The Morgan fingerprint density at radius 3 is 2.29 bits per heavy atom. The van der Waals surface area contributed by atoms with Crippen LogP contribution in [0.3, 0.4) is 0 Å². The topological polar surface area (TPSA) is 58.6 Å². The normalized spacial score (nSPS) is 11.5. The fourth-order valence-corrected chi connectivity index (χ4v) is 3.86. The number of nitrogens with one attached hydrogen (secondary N) is 1. The summed E-state index contributed by atoms with van der Waals surface area (Å²) in [7, 11) is 0.